The highest BCUT2D eigenvalue weighted by molar-refractivity contribution is 5.99. The Morgan fingerprint density at radius 1 is 1.00 bits per heavy atom. The average molecular weight is 567 g/mol. The van der Waals surface area contributed by atoms with E-state index in [0.29, 0.717) is 44.2 Å². The van der Waals surface area contributed by atoms with Crippen LogP contribution in [0.5, 0.6) is 17.4 Å². The van der Waals surface area contributed by atoms with E-state index >= 15 is 0 Å². The van der Waals surface area contributed by atoms with Crippen LogP contribution in [0.3, 0.4) is 0 Å². The minimum Gasteiger partial charge on any atom is -0.484 e. The van der Waals surface area contributed by atoms with Crippen LogP contribution in [0.1, 0.15) is 26.5 Å². The number of nitrogens with two attached hydrogens (primary N) is 1. The van der Waals surface area contributed by atoms with E-state index in [-0.39, 0.29) is 23.2 Å². The van der Waals surface area contributed by atoms with Crippen LogP contribution >= 0.6 is 0 Å². The fourth-order valence-electron chi connectivity index (χ4n) is 4.64. The molecule has 0 unspecified atom stereocenters. The van der Waals surface area contributed by atoms with Gasteiger partial charge in [-0.15, -0.1) is 0 Å². The minimum absolute atomic E-state index is 0.0252. The van der Waals surface area contributed by atoms with Crippen molar-refractivity contribution in [2.75, 3.05) is 32.8 Å². The summed E-state index contributed by atoms with van der Waals surface area (Å²) in [6.45, 7) is 1.70. The molecule has 9 nitrogen and oxygen atoms in total. The smallest absolute Gasteiger partial charge is 0.422 e. The van der Waals surface area contributed by atoms with E-state index in [2.05, 4.69) is 16.0 Å². The predicted octanol–water partition coefficient (Wildman–Crippen LogP) is 4.16. The Hall–Kier alpha value is -4.58. The summed E-state index contributed by atoms with van der Waals surface area (Å²) in [4.78, 5) is 32.8. The van der Waals surface area contributed by atoms with Crippen LogP contribution in [-0.4, -0.2) is 70.1 Å². The number of carbonyl (C=O) groups excluding carboxylic acids is 2. The number of primary amides is 1. The number of aryl methyl sites for hydroxylation is 1. The van der Waals surface area contributed by atoms with Gasteiger partial charge in [-0.05, 0) is 42.0 Å². The molecule has 0 aliphatic carbocycles. The summed E-state index contributed by atoms with van der Waals surface area (Å²) >= 11 is 0. The number of nitrogens with zero attached hydrogens (tertiary/aromatic N) is 4. The Kier molecular flexibility index (Phi) is 7.84. The number of piperazine rings is 1. The largest absolute Gasteiger partial charge is 0.484 e. The van der Waals surface area contributed by atoms with E-state index < -0.39 is 18.7 Å². The van der Waals surface area contributed by atoms with Crippen molar-refractivity contribution in [1.82, 2.24) is 19.4 Å². The Morgan fingerprint density at radius 2 is 1.71 bits per heavy atom. The number of aromatic nitrogens is 2. The molecule has 1 aliphatic rings. The van der Waals surface area contributed by atoms with E-state index in [0.717, 1.165) is 16.5 Å². The van der Waals surface area contributed by atoms with Gasteiger partial charge in [0.1, 0.15) is 22.9 Å². The molecule has 213 valence electrons. The van der Waals surface area contributed by atoms with E-state index in [4.69, 9.17) is 15.2 Å². The molecule has 1 fully saturated rings. The Morgan fingerprint density at radius 3 is 2.39 bits per heavy atom. The molecule has 2 N–H and O–H groups in total. The third-order valence-corrected chi connectivity index (χ3v) is 6.75. The fourth-order valence-corrected chi connectivity index (χ4v) is 4.64. The molecular formula is C29H27F3N5O4. The molecule has 4 aromatic rings. The SMILES string of the molecule is Cn1c(C(=O)N2CCN(Cc3ccc(OCC(F)(F)F)cc3)CC2)cc2ccc(Oc3cc[c]c(C(N)=O)n3)cc21. The second-order valence-electron chi connectivity index (χ2n) is 9.67. The molecule has 5 rings (SSSR count). The van der Waals surface area contributed by atoms with Crippen molar-refractivity contribution in [3.63, 3.8) is 0 Å². The topological polar surface area (TPSA) is 103 Å². The monoisotopic (exact) mass is 566 g/mol. The number of alkyl halides is 3. The molecule has 3 heterocycles. The number of halogens is 3. The van der Waals surface area contributed by atoms with Crippen LogP contribution in [0.4, 0.5) is 13.2 Å². The van der Waals surface area contributed by atoms with Crippen molar-refractivity contribution in [1.29, 1.82) is 0 Å². The van der Waals surface area contributed by atoms with Crippen LogP contribution in [0.25, 0.3) is 10.9 Å². The molecule has 1 saturated heterocycles. The van der Waals surface area contributed by atoms with Gasteiger partial charge in [-0.25, -0.2) is 4.98 Å². The molecular weight excluding hydrogens is 539 g/mol. The lowest BCUT2D eigenvalue weighted by molar-refractivity contribution is -0.153. The molecule has 1 aliphatic heterocycles. The first-order valence-electron chi connectivity index (χ1n) is 12.8. The van der Waals surface area contributed by atoms with Gasteiger partial charge >= 0.3 is 6.18 Å². The van der Waals surface area contributed by atoms with Gasteiger partial charge in [-0.1, -0.05) is 12.1 Å². The molecule has 1 radical (unpaired) electrons. The zero-order valence-electron chi connectivity index (χ0n) is 22.1. The van der Waals surface area contributed by atoms with E-state index in [9.17, 15) is 22.8 Å². The lowest BCUT2D eigenvalue weighted by Crippen LogP contribution is -2.48. The first-order valence-corrected chi connectivity index (χ1v) is 12.8. The number of rotatable bonds is 8. The number of hydrogen-bond donors (Lipinski definition) is 1. The van der Waals surface area contributed by atoms with Gasteiger partial charge in [0.15, 0.2) is 6.61 Å². The average Bonchev–Trinajstić information content (AvgIpc) is 3.28. The van der Waals surface area contributed by atoms with Crippen LogP contribution in [-0.2, 0) is 13.6 Å². The van der Waals surface area contributed by atoms with Crippen molar-refractivity contribution in [2.45, 2.75) is 12.7 Å². The second-order valence-corrected chi connectivity index (χ2v) is 9.67. The maximum Gasteiger partial charge on any atom is 0.422 e. The number of carbonyl (C=O) groups is 2. The number of benzene rings is 2. The maximum absolute atomic E-state index is 13.4. The quantitative estimate of drug-likeness (QED) is 0.344. The van der Waals surface area contributed by atoms with Crippen molar-refractivity contribution in [3.05, 3.63) is 83.7 Å². The molecule has 2 aromatic heterocycles. The Balaban J connectivity index is 1.19. The molecule has 0 bridgehead atoms. The van der Waals surface area contributed by atoms with Crippen molar-refractivity contribution in [3.8, 4) is 17.4 Å². The zero-order chi connectivity index (χ0) is 29.1. The van der Waals surface area contributed by atoms with Crippen LogP contribution in [0.15, 0.2) is 60.7 Å². The van der Waals surface area contributed by atoms with Gasteiger partial charge in [-0.3, -0.25) is 14.5 Å². The Bertz CT molecular complexity index is 1560. The normalized spacial score (nSPS) is 14.3. The number of amides is 2. The van der Waals surface area contributed by atoms with Gasteiger partial charge in [0.05, 0.1) is 5.52 Å². The summed E-state index contributed by atoms with van der Waals surface area (Å²) in [5.74, 6) is 0.0712. The molecule has 0 spiro atoms. The fraction of sp³-hybridized carbons (Fsp3) is 0.276. The van der Waals surface area contributed by atoms with E-state index in [1.54, 1.807) is 30.3 Å². The molecule has 0 atom stereocenters. The summed E-state index contributed by atoms with van der Waals surface area (Å²) in [6, 6.07) is 19.5. The highest BCUT2D eigenvalue weighted by Crippen LogP contribution is 2.28. The maximum atomic E-state index is 13.4. The molecule has 2 aromatic carbocycles. The summed E-state index contributed by atoms with van der Waals surface area (Å²) in [5, 5.41) is 0.872. The first-order chi connectivity index (χ1) is 19.6. The van der Waals surface area contributed by atoms with E-state index in [1.807, 2.05) is 28.6 Å². The summed E-state index contributed by atoms with van der Waals surface area (Å²) in [7, 11) is 1.82. The zero-order valence-corrected chi connectivity index (χ0v) is 22.1. The number of hydrogen-bond acceptors (Lipinski definition) is 6. The van der Waals surface area contributed by atoms with Crippen LogP contribution < -0.4 is 15.2 Å². The summed E-state index contributed by atoms with van der Waals surface area (Å²) in [5.41, 5.74) is 7.53. The Labute approximate surface area is 233 Å². The third kappa shape index (κ3) is 6.77. The van der Waals surface area contributed by atoms with Crippen LogP contribution in [0.2, 0.25) is 0 Å². The number of fused-ring (bicyclic) bond motifs is 1. The highest BCUT2D eigenvalue weighted by Gasteiger charge is 2.28. The minimum atomic E-state index is -4.38. The molecule has 41 heavy (non-hydrogen) atoms. The van der Waals surface area contributed by atoms with Crippen molar-refractivity contribution < 1.29 is 32.2 Å². The number of ether oxygens (including phenoxy) is 2. The molecule has 0 saturated carbocycles. The second kappa shape index (κ2) is 11.5. The predicted molar refractivity (Wildman–Crippen MR) is 144 cm³/mol. The van der Waals surface area contributed by atoms with E-state index in [1.165, 1.54) is 18.2 Å². The lowest BCUT2D eigenvalue weighted by Gasteiger charge is -2.34. The van der Waals surface area contributed by atoms with Gasteiger partial charge < -0.3 is 24.7 Å². The summed E-state index contributed by atoms with van der Waals surface area (Å²) < 4.78 is 49.4. The third-order valence-electron chi connectivity index (χ3n) is 6.75. The van der Waals surface area contributed by atoms with Crippen molar-refractivity contribution in [2.24, 2.45) is 12.8 Å². The van der Waals surface area contributed by atoms with Gasteiger partial charge in [-0.2, -0.15) is 13.2 Å². The van der Waals surface area contributed by atoms with Gasteiger partial charge in [0.2, 0.25) is 5.88 Å². The lowest BCUT2D eigenvalue weighted by atomic mass is 10.2. The highest BCUT2D eigenvalue weighted by atomic mass is 19.4. The summed E-state index contributed by atoms with van der Waals surface area (Å²) in [6.07, 6.45) is -4.38. The van der Waals surface area contributed by atoms with Crippen molar-refractivity contribution >= 4 is 22.7 Å². The van der Waals surface area contributed by atoms with Gasteiger partial charge in [0, 0.05) is 63.4 Å². The molecule has 12 heteroatoms. The number of pyridine rings is 1. The van der Waals surface area contributed by atoms with Crippen LogP contribution in [0, 0.1) is 6.07 Å². The standard InChI is InChI=1S/C29H27F3N5O4/c1-35-24-16-22(41-26-4-2-3-23(34-26)27(33)38)10-7-20(24)15-25(35)28(39)37-13-11-36(12-14-37)17-19-5-8-21(9-6-19)40-18-29(30,31)32/h2,4-10,15-16H,11-14,17-18H2,1H3,(H2,33,38). The molecule has 2 amide bonds. The first kappa shape index (κ1) is 28.0. The van der Waals surface area contributed by atoms with Gasteiger partial charge in [0.25, 0.3) is 11.8 Å².